The van der Waals surface area contributed by atoms with Gasteiger partial charge in [-0.3, -0.25) is 10.0 Å². The summed E-state index contributed by atoms with van der Waals surface area (Å²) in [5.41, 5.74) is 7.00. The average Bonchev–Trinajstić information content (AvgIpc) is 2.77. The smallest absolute Gasteiger partial charge is 0.263 e. The summed E-state index contributed by atoms with van der Waals surface area (Å²) in [7, 11) is 0. The maximum Gasteiger partial charge on any atom is 0.263 e. The van der Waals surface area contributed by atoms with E-state index < -0.39 is 23.0 Å². The third kappa shape index (κ3) is 5.34. The summed E-state index contributed by atoms with van der Waals surface area (Å²) in [5.74, 6) is -0.680. The van der Waals surface area contributed by atoms with Crippen molar-refractivity contribution in [1.29, 1.82) is 0 Å². The molecular formula is C21H20N2O4S. The summed E-state index contributed by atoms with van der Waals surface area (Å²) in [4.78, 5) is 12.3. The number of hydroxylamine groups is 2. The van der Waals surface area contributed by atoms with Crippen LogP contribution in [0.4, 0.5) is 0 Å². The Hall–Kier alpha value is -2.84. The van der Waals surface area contributed by atoms with E-state index in [1.165, 1.54) is 0 Å². The Labute approximate surface area is 165 Å². The average molecular weight is 396 g/mol. The van der Waals surface area contributed by atoms with Crippen LogP contribution in [0, 0.1) is 0 Å². The molecule has 0 heterocycles. The van der Waals surface area contributed by atoms with Gasteiger partial charge >= 0.3 is 0 Å². The van der Waals surface area contributed by atoms with E-state index >= 15 is 0 Å². The largest absolute Gasteiger partial charge is 0.289 e. The molecule has 0 aliphatic heterocycles. The van der Waals surface area contributed by atoms with Gasteiger partial charge in [0.05, 0.1) is 4.90 Å². The van der Waals surface area contributed by atoms with Crippen LogP contribution in [0.1, 0.15) is 5.56 Å². The first-order valence-corrected chi connectivity index (χ1v) is 9.73. The highest BCUT2D eigenvalue weighted by Crippen LogP contribution is 2.20. The van der Waals surface area contributed by atoms with Crippen molar-refractivity contribution in [2.45, 2.75) is 17.4 Å². The minimum absolute atomic E-state index is 0.261. The number of benzene rings is 3. The molecule has 0 saturated carbocycles. The summed E-state index contributed by atoms with van der Waals surface area (Å²) < 4.78 is 17.6. The van der Waals surface area contributed by atoms with E-state index in [9.17, 15) is 9.00 Å². The lowest BCUT2D eigenvalue weighted by molar-refractivity contribution is -0.133. The molecule has 6 nitrogen and oxygen atoms in total. The van der Waals surface area contributed by atoms with Crippen LogP contribution >= 0.6 is 0 Å². The van der Waals surface area contributed by atoms with Crippen LogP contribution in [-0.4, -0.2) is 21.4 Å². The standard InChI is InChI=1S/C21H20N2O4S/c24-21(22-25)20(15-16-7-3-1-4-8-16)23-27-28(26)19-13-11-18(12-14-19)17-9-5-2-6-10-17/h1-14,20,23,25H,15H2,(H,22,24). The minimum atomic E-state index is -1.82. The zero-order valence-corrected chi connectivity index (χ0v) is 15.8. The molecule has 2 unspecified atom stereocenters. The third-order valence-corrected chi connectivity index (χ3v) is 5.03. The SMILES string of the molecule is O=C(NO)C(Cc1ccccc1)NOS(=O)c1ccc(-c2ccccc2)cc1. The van der Waals surface area contributed by atoms with E-state index in [4.69, 9.17) is 9.49 Å². The quantitative estimate of drug-likeness (QED) is 0.402. The first kappa shape index (κ1) is 19.9. The maximum atomic E-state index is 12.4. The molecule has 0 spiro atoms. The van der Waals surface area contributed by atoms with Gasteiger partial charge in [0.2, 0.25) is 11.1 Å². The zero-order chi connectivity index (χ0) is 19.8. The number of amides is 1. The van der Waals surface area contributed by atoms with Gasteiger partial charge in [0.15, 0.2) is 0 Å². The molecule has 3 N–H and O–H groups in total. The molecule has 0 aliphatic carbocycles. The minimum Gasteiger partial charge on any atom is -0.289 e. The van der Waals surface area contributed by atoms with Gasteiger partial charge in [-0.15, -0.1) is 0 Å². The second kappa shape index (κ2) is 9.91. The van der Waals surface area contributed by atoms with E-state index in [2.05, 4.69) is 5.48 Å². The highest BCUT2D eigenvalue weighted by molar-refractivity contribution is 7.80. The molecule has 3 aromatic rings. The molecule has 3 rings (SSSR count). The monoisotopic (exact) mass is 396 g/mol. The van der Waals surface area contributed by atoms with Gasteiger partial charge in [0.1, 0.15) is 6.04 Å². The Morgan fingerprint density at radius 1 is 0.893 bits per heavy atom. The van der Waals surface area contributed by atoms with Crippen LogP contribution < -0.4 is 11.0 Å². The van der Waals surface area contributed by atoms with Gasteiger partial charge in [0.25, 0.3) is 5.91 Å². The predicted octanol–water partition coefficient (Wildman–Crippen LogP) is 3.01. The van der Waals surface area contributed by atoms with Crippen molar-refractivity contribution in [3.63, 3.8) is 0 Å². The highest BCUT2D eigenvalue weighted by Gasteiger charge is 2.20. The molecule has 144 valence electrons. The lowest BCUT2D eigenvalue weighted by Gasteiger charge is -2.16. The normalized spacial score (nSPS) is 12.9. The van der Waals surface area contributed by atoms with Crippen LogP contribution in [0.2, 0.25) is 0 Å². The Morgan fingerprint density at radius 3 is 2.07 bits per heavy atom. The molecule has 0 aromatic heterocycles. The summed E-state index contributed by atoms with van der Waals surface area (Å²) in [6.07, 6.45) is 0.261. The molecule has 0 radical (unpaired) electrons. The van der Waals surface area contributed by atoms with Gasteiger partial charge in [-0.1, -0.05) is 72.8 Å². The van der Waals surface area contributed by atoms with Crippen LogP contribution in [0.25, 0.3) is 11.1 Å². The fourth-order valence-corrected chi connectivity index (χ4v) is 3.31. The molecule has 1 amide bonds. The molecular weight excluding hydrogens is 376 g/mol. The van der Waals surface area contributed by atoms with Crippen molar-refractivity contribution in [2.75, 3.05) is 0 Å². The molecule has 2 atom stereocenters. The number of nitrogens with one attached hydrogen (secondary N) is 2. The molecule has 0 aliphatic rings. The summed E-state index contributed by atoms with van der Waals surface area (Å²) in [5, 5.41) is 8.93. The highest BCUT2D eigenvalue weighted by atomic mass is 32.2. The fraction of sp³-hybridized carbons (Fsp3) is 0.0952. The molecule has 3 aromatic carbocycles. The van der Waals surface area contributed by atoms with Crippen molar-refractivity contribution in [2.24, 2.45) is 0 Å². The topological polar surface area (TPSA) is 87.7 Å². The summed E-state index contributed by atoms with van der Waals surface area (Å²) in [6.45, 7) is 0. The third-order valence-electron chi connectivity index (χ3n) is 4.13. The Bertz CT molecular complexity index is 918. The van der Waals surface area contributed by atoms with Crippen molar-refractivity contribution in [3.05, 3.63) is 90.5 Å². The maximum absolute atomic E-state index is 12.4. The molecule has 0 bridgehead atoms. The molecule has 0 saturated heterocycles. The van der Waals surface area contributed by atoms with Crippen LogP contribution in [0.15, 0.2) is 89.8 Å². The fourth-order valence-electron chi connectivity index (χ4n) is 2.65. The van der Waals surface area contributed by atoms with Crippen molar-refractivity contribution >= 4 is 17.0 Å². The van der Waals surface area contributed by atoms with Crippen LogP contribution in [-0.2, 0) is 26.6 Å². The van der Waals surface area contributed by atoms with Crippen LogP contribution in [0.5, 0.6) is 0 Å². The lowest BCUT2D eigenvalue weighted by Crippen LogP contribution is -2.44. The Balaban J connectivity index is 1.63. The predicted molar refractivity (Wildman–Crippen MR) is 106 cm³/mol. The summed E-state index contributed by atoms with van der Waals surface area (Å²) >= 11 is -1.82. The summed E-state index contributed by atoms with van der Waals surface area (Å²) in [6, 6.07) is 25.3. The number of carbonyl (C=O) groups excluding carboxylic acids is 1. The number of carbonyl (C=O) groups is 1. The van der Waals surface area contributed by atoms with Gasteiger partial charge in [-0.05, 0) is 35.2 Å². The first-order valence-electron chi connectivity index (χ1n) is 8.65. The van der Waals surface area contributed by atoms with E-state index in [0.717, 1.165) is 16.7 Å². The lowest BCUT2D eigenvalue weighted by atomic mass is 10.1. The molecule has 7 heteroatoms. The second-order valence-electron chi connectivity index (χ2n) is 6.04. The number of rotatable bonds is 8. The Morgan fingerprint density at radius 2 is 1.46 bits per heavy atom. The van der Waals surface area contributed by atoms with Gasteiger partial charge in [-0.2, -0.15) is 9.76 Å². The van der Waals surface area contributed by atoms with Crippen molar-refractivity contribution in [1.82, 2.24) is 11.0 Å². The Kier molecular flexibility index (Phi) is 7.05. The van der Waals surface area contributed by atoms with E-state index in [-0.39, 0.29) is 6.42 Å². The van der Waals surface area contributed by atoms with E-state index in [1.807, 2.05) is 72.8 Å². The van der Waals surface area contributed by atoms with Gasteiger partial charge in [0, 0.05) is 0 Å². The molecule has 0 fully saturated rings. The first-order chi connectivity index (χ1) is 13.7. The number of hydrogen-bond donors (Lipinski definition) is 3. The van der Waals surface area contributed by atoms with E-state index in [1.54, 1.807) is 17.6 Å². The van der Waals surface area contributed by atoms with Crippen molar-refractivity contribution in [3.8, 4) is 11.1 Å². The van der Waals surface area contributed by atoms with Crippen LogP contribution in [0.3, 0.4) is 0 Å². The van der Waals surface area contributed by atoms with Gasteiger partial charge in [-0.25, -0.2) is 9.69 Å². The van der Waals surface area contributed by atoms with Crippen molar-refractivity contribution < 1.29 is 18.5 Å². The zero-order valence-electron chi connectivity index (χ0n) is 14.9. The second-order valence-corrected chi connectivity index (χ2v) is 7.15. The van der Waals surface area contributed by atoms with E-state index in [0.29, 0.717) is 4.90 Å². The van der Waals surface area contributed by atoms with Gasteiger partial charge < -0.3 is 0 Å². The number of hydrogen-bond acceptors (Lipinski definition) is 5. The molecule has 28 heavy (non-hydrogen) atoms.